The van der Waals surface area contributed by atoms with Crippen molar-refractivity contribution in [3.05, 3.63) is 23.4 Å². The van der Waals surface area contributed by atoms with Gasteiger partial charge in [0.1, 0.15) is 0 Å². The Morgan fingerprint density at radius 1 is 1.56 bits per heavy atom. The molecule has 2 N–H and O–H groups in total. The Hall–Kier alpha value is -1.20. The van der Waals surface area contributed by atoms with Gasteiger partial charge in [-0.05, 0) is 17.4 Å². The second kappa shape index (κ2) is 4.76. The maximum absolute atomic E-state index is 6.02. The second-order valence-electron chi connectivity index (χ2n) is 3.84. The highest BCUT2D eigenvalue weighted by Crippen LogP contribution is 2.25. The van der Waals surface area contributed by atoms with Crippen LogP contribution in [0.1, 0.15) is 32.2 Å². The minimum absolute atomic E-state index is 0.175. The van der Waals surface area contributed by atoms with Crippen LogP contribution in [0.15, 0.2) is 22.0 Å². The first-order valence-corrected chi connectivity index (χ1v) is 6.23. The first kappa shape index (κ1) is 11.3. The molecule has 0 aliphatic carbocycles. The summed E-state index contributed by atoms with van der Waals surface area (Å²) in [6.07, 6.45) is 0.998. The van der Waals surface area contributed by atoms with Gasteiger partial charge in [-0.15, -0.1) is 11.3 Å². The summed E-state index contributed by atoms with van der Waals surface area (Å²) >= 11 is 1.59. The summed E-state index contributed by atoms with van der Waals surface area (Å²) in [5.41, 5.74) is 6.02. The lowest BCUT2D eigenvalue weighted by Gasteiger charge is -2.12. The van der Waals surface area contributed by atoms with Crippen molar-refractivity contribution in [1.82, 2.24) is 10.1 Å². The molecule has 2 rings (SSSR count). The number of rotatable bonds is 4. The minimum atomic E-state index is -0.175. The highest BCUT2D eigenvalue weighted by Gasteiger charge is 2.20. The molecule has 4 nitrogen and oxygen atoms in total. The fourth-order valence-electron chi connectivity index (χ4n) is 1.37. The van der Waals surface area contributed by atoms with Crippen LogP contribution < -0.4 is 5.73 Å². The predicted octanol–water partition coefficient (Wildman–Crippen LogP) is 2.84. The normalized spacial score (nSPS) is 14.9. The minimum Gasteiger partial charge on any atom is -0.337 e. The average molecular weight is 237 g/mol. The van der Waals surface area contributed by atoms with Crippen LogP contribution in [-0.2, 0) is 0 Å². The summed E-state index contributed by atoms with van der Waals surface area (Å²) < 4.78 is 5.19. The molecule has 2 atom stereocenters. The van der Waals surface area contributed by atoms with Crippen molar-refractivity contribution >= 4 is 11.3 Å². The summed E-state index contributed by atoms with van der Waals surface area (Å²) in [4.78, 5) is 5.34. The Morgan fingerprint density at radius 3 is 3.00 bits per heavy atom. The lowest BCUT2D eigenvalue weighted by Crippen LogP contribution is -2.18. The summed E-state index contributed by atoms with van der Waals surface area (Å²) in [6, 6.07) is 3.75. The number of hydrogen-bond donors (Lipinski definition) is 1. The van der Waals surface area contributed by atoms with E-state index in [1.807, 2.05) is 17.5 Å². The van der Waals surface area contributed by atoms with Crippen LogP contribution >= 0.6 is 11.3 Å². The second-order valence-corrected chi connectivity index (χ2v) is 4.79. The lowest BCUT2D eigenvalue weighted by atomic mass is 10.0. The van der Waals surface area contributed by atoms with E-state index >= 15 is 0 Å². The predicted molar refractivity (Wildman–Crippen MR) is 64.0 cm³/mol. The van der Waals surface area contributed by atoms with E-state index in [1.54, 1.807) is 11.3 Å². The van der Waals surface area contributed by atoms with E-state index in [4.69, 9.17) is 10.3 Å². The molecule has 0 spiro atoms. The first-order chi connectivity index (χ1) is 7.72. The van der Waals surface area contributed by atoms with Crippen molar-refractivity contribution in [1.29, 1.82) is 0 Å². The highest BCUT2D eigenvalue weighted by molar-refractivity contribution is 7.13. The largest absolute Gasteiger partial charge is 0.337 e. The summed E-state index contributed by atoms with van der Waals surface area (Å²) in [5.74, 6) is 1.50. The van der Waals surface area contributed by atoms with Crippen molar-refractivity contribution in [2.45, 2.75) is 26.3 Å². The van der Waals surface area contributed by atoms with Gasteiger partial charge in [-0.25, -0.2) is 0 Å². The lowest BCUT2D eigenvalue weighted by molar-refractivity contribution is 0.312. The van der Waals surface area contributed by atoms with Gasteiger partial charge in [0.25, 0.3) is 0 Å². The van der Waals surface area contributed by atoms with E-state index in [0.29, 0.717) is 17.6 Å². The van der Waals surface area contributed by atoms with E-state index in [9.17, 15) is 0 Å². The van der Waals surface area contributed by atoms with E-state index in [2.05, 4.69) is 24.0 Å². The average Bonchev–Trinajstić information content (AvgIpc) is 2.96. The van der Waals surface area contributed by atoms with E-state index in [-0.39, 0.29) is 6.04 Å². The van der Waals surface area contributed by atoms with Gasteiger partial charge in [-0.1, -0.05) is 31.5 Å². The molecule has 0 saturated heterocycles. The number of aromatic nitrogens is 2. The van der Waals surface area contributed by atoms with Crippen LogP contribution in [0.5, 0.6) is 0 Å². The molecule has 5 heteroatoms. The van der Waals surface area contributed by atoms with Crippen molar-refractivity contribution in [3.63, 3.8) is 0 Å². The fourth-order valence-corrected chi connectivity index (χ4v) is 2.02. The van der Waals surface area contributed by atoms with E-state index in [1.165, 1.54) is 0 Å². The summed E-state index contributed by atoms with van der Waals surface area (Å²) in [7, 11) is 0. The molecule has 0 aliphatic rings. The van der Waals surface area contributed by atoms with Gasteiger partial charge in [0.15, 0.2) is 0 Å². The third-order valence-electron chi connectivity index (χ3n) is 2.73. The Balaban J connectivity index is 2.20. The van der Waals surface area contributed by atoms with Crippen LogP contribution in [-0.4, -0.2) is 10.1 Å². The molecule has 2 heterocycles. The van der Waals surface area contributed by atoms with Crippen LogP contribution in [0.25, 0.3) is 10.7 Å². The Morgan fingerprint density at radius 2 is 2.38 bits per heavy atom. The standard InChI is InChI=1S/C11H15N3OS/c1-3-7(2)9(12)11-13-10(14-15-11)8-5-4-6-16-8/h4-7,9H,3,12H2,1-2H3/t7?,9-/m0/s1. The van der Waals surface area contributed by atoms with Gasteiger partial charge >= 0.3 is 0 Å². The molecule has 0 saturated carbocycles. The maximum Gasteiger partial charge on any atom is 0.244 e. The molecule has 86 valence electrons. The Kier molecular flexibility index (Phi) is 3.36. The van der Waals surface area contributed by atoms with E-state index < -0.39 is 0 Å². The number of nitrogens with zero attached hydrogens (tertiary/aromatic N) is 2. The monoisotopic (exact) mass is 237 g/mol. The molecule has 0 aromatic carbocycles. The summed E-state index contributed by atoms with van der Waals surface area (Å²) in [5, 5.41) is 5.93. The smallest absolute Gasteiger partial charge is 0.244 e. The van der Waals surface area contributed by atoms with Crippen molar-refractivity contribution in [2.24, 2.45) is 11.7 Å². The molecule has 16 heavy (non-hydrogen) atoms. The van der Waals surface area contributed by atoms with Gasteiger partial charge in [0.2, 0.25) is 11.7 Å². The molecule has 2 aromatic rings. The molecule has 0 radical (unpaired) electrons. The van der Waals surface area contributed by atoms with Crippen LogP contribution in [0.2, 0.25) is 0 Å². The highest BCUT2D eigenvalue weighted by atomic mass is 32.1. The number of thiophene rings is 1. The summed E-state index contributed by atoms with van der Waals surface area (Å²) in [6.45, 7) is 4.18. The molecule has 0 fully saturated rings. The Bertz CT molecular complexity index is 438. The zero-order chi connectivity index (χ0) is 11.5. The van der Waals surface area contributed by atoms with Gasteiger partial charge in [-0.2, -0.15) is 4.98 Å². The molecular weight excluding hydrogens is 222 g/mol. The van der Waals surface area contributed by atoms with Crippen LogP contribution in [0, 0.1) is 5.92 Å². The third kappa shape index (κ3) is 2.15. The molecule has 2 aromatic heterocycles. The van der Waals surface area contributed by atoms with Gasteiger partial charge < -0.3 is 10.3 Å². The van der Waals surface area contributed by atoms with Crippen LogP contribution in [0.4, 0.5) is 0 Å². The van der Waals surface area contributed by atoms with Gasteiger partial charge in [0.05, 0.1) is 10.9 Å². The van der Waals surface area contributed by atoms with Crippen molar-refractivity contribution < 1.29 is 4.52 Å². The molecule has 0 amide bonds. The molecular formula is C11H15N3OS. The van der Waals surface area contributed by atoms with E-state index in [0.717, 1.165) is 11.3 Å². The fraction of sp³-hybridized carbons (Fsp3) is 0.455. The molecule has 0 aliphatic heterocycles. The maximum atomic E-state index is 6.02. The quantitative estimate of drug-likeness (QED) is 0.888. The number of nitrogens with two attached hydrogens (primary N) is 1. The van der Waals surface area contributed by atoms with Gasteiger partial charge in [-0.3, -0.25) is 0 Å². The first-order valence-electron chi connectivity index (χ1n) is 5.35. The topological polar surface area (TPSA) is 64.9 Å². The zero-order valence-corrected chi connectivity index (χ0v) is 10.2. The zero-order valence-electron chi connectivity index (χ0n) is 9.38. The van der Waals surface area contributed by atoms with Crippen molar-refractivity contribution in [2.75, 3.05) is 0 Å². The third-order valence-corrected chi connectivity index (χ3v) is 3.59. The SMILES string of the molecule is CCC(C)[C@H](N)c1nc(-c2cccs2)no1. The van der Waals surface area contributed by atoms with Gasteiger partial charge in [0, 0.05) is 0 Å². The Labute approximate surface area is 98.5 Å². The number of hydrogen-bond acceptors (Lipinski definition) is 5. The van der Waals surface area contributed by atoms with Crippen LogP contribution in [0.3, 0.4) is 0 Å². The molecule has 0 bridgehead atoms. The molecule has 1 unspecified atom stereocenters. The van der Waals surface area contributed by atoms with Crippen molar-refractivity contribution in [3.8, 4) is 10.7 Å².